The second-order valence-electron chi connectivity index (χ2n) is 6.41. The minimum atomic E-state index is 0. The first-order valence-corrected chi connectivity index (χ1v) is 9.33. The number of halogens is 2. The maximum absolute atomic E-state index is 2.28. The highest BCUT2D eigenvalue weighted by Gasteiger charge is 1.99. The molecule has 0 radical (unpaired) electrons. The third-order valence-corrected chi connectivity index (χ3v) is 4.39. The molecule has 0 aliphatic rings. The van der Waals surface area contributed by atoms with E-state index in [2.05, 4.69) is 70.3 Å². The van der Waals surface area contributed by atoms with Crippen molar-refractivity contribution in [2.24, 2.45) is 0 Å². The molecule has 2 heterocycles. The summed E-state index contributed by atoms with van der Waals surface area (Å²) in [5.41, 5.74) is 0. The molecule has 2 aromatic heterocycles. The summed E-state index contributed by atoms with van der Waals surface area (Å²) in [6, 6.07) is 12.6. The first kappa shape index (κ1) is 24.3. The highest BCUT2D eigenvalue weighted by atomic mass is 79.9. The van der Waals surface area contributed by atoms with Crippen LogP contribution in [0.2, 0.25) is 0 Å². The number of rotatable bonds is 12. The van der Waals surface area contributed by atoms with Gasteiger partial charge in [-0.15, -0.1) is 0 Å². The SMILES string of the molecule is [Br-].[Br-].c1cc[n+](CCCCCCCCCCC[n+]2ccccc2)cc1. The van der Waals surface area contributed by atoms with Crippen LogP contribution in [0.5, 0.6) is 0 Å². The maximum atomic E-state index is 2.28. The summed E-state index contributed by atoms with van der Waals surface area (Å²) in [4.78, 5) is 0. The Morgan fingerprint density at radius 2 is 0.640 bits per heavy atom. The molecule has 2 aromatic rings. The van der Waals surface area contributed by atoms with Gasteiger partial charge in [-0.25, -0.2) is 9.13 Å². The van der Waals surface area contributed by atoms with Crippen LogP contribution in [0.25, 0.3) is 0 Å². The molecule has 0 atom stereocenters. The molecule has 0 bridgehead atoms. The van der Waals surface area contributed by atoms with E-state index in [4.69, 9.17) is 0 Å². The normalized spacial score (nSPS) is 9.92. The van der Waals surface area contributed by atoms with Gasteiger partial charge in [0.2, 0.25) is 0 Å². The number of hydrogen-bond acceptors (Lipinski definition) is 0. The predicted molar refractivity (Wildman–Crippen MR) is 94.8 cm³/mol. The minimum Gasteiger partial charge on any atom is -1.00 e. The first-order valence-electron chi connectivity index (χ1n) is 9.33. The Labute approximate surface area is 174 Å². The fourth-order valence-corrected chi connectivity index (χ4v) is 2.99. The van der Waals surface area contributed by atoms with Gasteiger partial charge >= 0.3 is 0 Å². The van der Waals surface area contributed by atoms with Gasteiger partial charge in [0.15, 0.2) is 24.8 Å². The molecule has 4 heteroatoms. The van der Waals surface area contributed by atoms with Crippen molar-refractivity contribution in [1.82, 2.24) is 0 Å². The van der Waals surface area contributed by atoms with Crippen LogP contribution in [0, 0.1) is 0 Å². The molecule has 0 fully saturated rings. The monoisotopic (exact) mass is 470 g/mol. The smallest absolute Gasteiger partial charge is 0.168 e. The number of pyridine rings is 2. The van der Waals surface area contributed by atoms with E-state index in [-0.39, 0.29) is 34.0 Å². The summed E-state index contributed by atoms with van der Waals surface area (Å²) in [7, 11) is 0. The Bertz CT molecular complexity index is 458. The van der Waals surface area contributed by atoms with Gasteiger partial charge in [0.05, 0.1) is 0 Å². The summed E-state index contributed by atoms with van der Waals surface area (Å²) in [6.45, 7) is 2.33. The highest BCUT2D eigenvalue weighted by Crippen LogP contribution is 2.09. The largest absolute Gasteiger partial charge is 1.00 e. The standard InChI is InChI=1S/C21H32N2.2BrH/c1(2-4-6-10-16-22-18-12-8-13-19-22)3-5-7-11-17-23-20-14-9-15-21-23;;/h8-9,12-15,18-21H,1-7,10-11,16-17H2;2*1H/q+2;;/p-2. The topological polar surface area (TPSA) is 7.76 Å². The van der Waals surface area contributed by atoms with E-state index in [1.165, 1.54) is 57.8 Å². The number of aryl methyl sites for hydroxylation is 2. The van der Waals surface area contributed by atoms with Crippen molar-refractivity contribution < 1.29 is 43.1 Å². The van der Waals surface area contributed by atoms with E-state index in [0.717, 1.165) is 13.1 Å². The second-order valence-corrected chi connectivity index (χ2v) is 6.41. The highest BCUT2D eigenvalue weighted by molar-refractivity contribution is 4.84. The molecular weight excluding hydrogens is 440 g/mol. The quantitative estimate of drug-likeness (QED) is 0.262. The van der Waals surface area contributed by atoms with Gasteiger partial charge in [-0.2, -0.15) is 0 Å². The van der Waals surface area contributed by atoms with Gasteiger partial charge in [0, 0.05) is 37.1 Å². The van der Waals surface area contributed by atoms with Crippen LogP contribution in [-0.4, -0.2) is 0 Å². The summed E-state index contributed by atoms with van der Waals surface area (Å²) in [5.74, 6) is 0. The molecule has 0 spiro atoms. The van der Waals surface area contributed by atoms with E-state index < -0.39 is 0 Å². The average molecular weight is 472 g/mol. The zero-order valence-corrected chi connectivity index (χ0v) is 18.4. The second kappa shape index (κ2) is 16.7. The van der Waals surface area contributed by atoms with Gasteiger partial charge in [-0.1, -0.05) is 44.2 Å². The lowest BCUT2D eigenvalue weighted by Crippen LogP contribution is -3.00. The Kier molecular flexibility index (Phi) is 16.2. The molecule has 0 saturated heterocycles. The fourth-order valence-electron chi connectivity index (χ4n) is 2.99. The molecule has 0 N–H and O–H groups in total. The molecule has 0 aliphatic heterocycles. The average Bonchev–Trinajstić information content (AvgIpc) is 2.61. The maximum Gasteiger partial charge on any atom is 0.168 e. The lowest BCUT2D eigenvalue weighted by atomic mass is 10.1. The lowest BCUT2D eigenvalue weighted by Gasteiger charge is -2.01. The molecular formula is C21H32Br2N2. The zero-order valence-electron chi connectivity index (χ0n) is 15.2. The van der Waals surface area contributed by atoms with Crippen LogP contribution in [0.1, 0.15) is 57.8 Å². The first-order chi connectivity index (χ1) is 11.4. The van der Waals surface area contributed by atoms with Crippen LogP contribution in [0.4, 0.5) is 0 Å². The molecule has 0 aromatic carbocycles. The van der Waals surface area contributed by atoms with Crippen LogP contribution in [0.3, 0.4) is 0 Å². The van der Waals surface area contributed by atoms with E-state index in [9.17, 15) is 0 Å². The molecule has 0 unspecified atom stereocenters. The van der Waals surface area contributed by atoms with Crippen molar-refractivity contribution in [1.29, 1.82) is 0 Å². The van der Waals surface area contributed by atoms with Crippen molar-refractivity contribution >= 4 is 0 Å². The Morgan fingerprint density at radius 1 is 0.360 bits per heavy atom. The molecule has 2 rings (SSSR count). The Morgan fingerprint density at radius 3 is 0.960 bits per heavy atom. The molecule has 0 aliphatic carbocycles. The van der Waals surface area contributed by atoms with Gasteiger partial charge < -0.3 is 34.0 Å². The molecule has 140 valence electrons. The van der Waals surface area contributed by atoms with Gasteiger partial charge in [0.25, 0.3) is 0 Å². The Hall–Kier alpha value is -0.740. The summed E-state index contributed by atoms with van der Waals surface area (Å²) < 4.78 is 4.56. The number of aromatic nitrogens is 2. The van der Waals surface area contributed by atoms with Crippen molar-refractivity contribution in [3.05, 3.63) is 61.2 Å². The van der Waals surface area contributed by atoms with Crippen LogP contribution >= 0.6 is 0 Å². The number of nitrogens with zero attached hydrogens (tertiary/aromatic N) is 2. The summed E-state index contributed by atoms with van der Waals surface area (Å²) in [6.07, 6.45) is 21.0. The van der Waals surface area contributed by atoms with E-state index in [0.29, 0.717) is 0 Å². The number of hydrogen-bond donors (Lipinski definition) is 0. The third-order valence-electron chi connectivity index (χ3n) is 4.39. The van der Waals surface area contributed by atoms with Crippen molar-refractivity contribution in [2.45, 2.75) is 70.9 Å². The third kappa shape index (κ3) is 12.3. The Balaban J connectivity index is 0.00000288. The summed E-state index contributed by atoms with van der Waals surface area (Å²) in [5, 5.41) is 0. The lowest BCUT2D eigenvalue weighted by molar-refractivity contribution is -0.697. The van der Waals surface area contributed by atoms with Crippen molar-refractivity contribution in [3.8, 4) is 0 Å². The summed E-state index contributed by atoms with van der Waals surface area (Å²) >= 11 is 0. The van der Waals surface area contributed by atoms with E-state index in [1.807, 2.05) is 0 Å². The van der Waals surface area contributed by atoms with E-state index >= 15 is 0 Å². The number of unbranched alkanes of at least 4 members (excludes halogenated alkanes) is 8. The van der Waals surface area contributed by atoms with Crippen molar-refractivity contribution in [2.75, 3.05) is 0 Å². The predicted octanol–water partition coefficient (Wildman–Crippen LogP) is -1.52. The fraction of sp³-hybridized carbons (Fsp3) is 0.524. The zero-order chi connectivity index (χ0) is 16.0. The van der Waals surface area contributed by atoms with Crippen LogP contribution < -0.4 is 43.1 Å². The van der Waals surface area contributed by atoms with Crippen LogP contribution in [-0.2, 0) is 13.1 Å². The van der Waals surface area contributed by atoms with E-state index in [1.54, 1.807) is 0 Å². The minimum absolute atomic E-state index is 0. The van der Waals surface area contributed by atoms with Crippen molar-refractivity contribution in [3.63, 3.8) is 0 Å². The van der Waals surface area contributed by atoms with Gasteiger partial charge in [-0.05, 0) is 12.8 Å². The molecule has 0 amide bonds. The van der Waals surface area contributed by atoms with Gasteiger partial charge in [0.1, 0.15) is 13.1 Å². The van der Waals surface area contributed by atoms with Gasteiger partial charge in [-0.3, -0.25) is 0 Å². The molecule has 25 heavy (non-hydrogen) atoms. The molecule has 0 saturated carbocycles. The van der Waals surface area contributed by atoms with Crippen LogP contribution in [0.15, 0.2) is 61.2 Å². The molecule has 2 nitrogen and oxygen atoms in total.